The second kappa shape index (κ2) is 5.71. The van der Waals surface area contributed by atoms with Crippen LogP contribution in [0.4, 0.5) is 0 Å². The Morgan fingerprint density at radius 1 is 1.50 bits per heavy atom. The van der Waals surface area contributed by atoms with Gasteiger partial charge in [-0.1, -0.05) is 18.2 Å². The molecule has 2 rings (SSSR count). The van der Waals surface area contributed by atoms with E-state index in [0.29, 0.717) is 12.1 Å². The summed E-state index contributed by atoms with van der Waals surface area (Å²) in [5.74, 6) is 1.20. The third-order valence-corrected chi connectivity index (χ3v) is 3.98. The minimum Gasteiger partial charge on any atom is -0.383 e. The molecule has 0 saturated carbocycles. The van der Waals surface area contributed by atoms with Crippen LogP contribution < -0.4 is 5.32 Å². The molecule has 0 radical (unpaired) electrons. The lowest BCUT2D eigenvalue weighted by molar-refractivity contribution is 0.166. The Balaban J connectivity index is 2.07. The Labute approximate surface area is 102 Å². The zero-order chi connectivity index (χ0) is 11.4. The molecule has 88 valence electrons. The highest BCUT2D eigenvalue weighted by molar-refractivity contribution is 7.99. The number of rotatable bonds is 4. The van der Waals surface area contributed by atoms with Crippen molar-refractivity contribution in [3.05, 3.63) is 29.8 Å². The predicted octanol–water partition coefficient (Wildman–Crippen LogP) is 2.85. The van der Waals surface area contributed by atoms with Crippen LogP contribution in [-0.2, 0) is 4.74 Å². The van der Waals surface area contributed by atoms with Gasteiger partial charge >= 0.3 is 0 Å². The summed E-state index contributed by atoms with van der Waals surface area (Å²) in [7, 11) is 1.75. The monoisotopic (exact) mass is 237 g/mol. The number of hydrogen-bond acceptors (Lipinski definition) is 3. The molecule has 0 aromatic heterocycles. The molecule has 1 heterocycles. The number of hydrogen-bond donors (Lipinski definition) is 1. The SMILES string of the molecule is COCC(C)NC1CCSc2ccccc21. The number of ether oxygens (including phenoxy) is 1. The highest BCUT2D eigenvalue weighted by Gasteiger charge is 2.21. The number of fused-ring (bicyclic) bond motifs is 1. The molecule has 2 nitrogen and oxygen atoms in total. The molecule has 0 fully saturated rings. The first-order valence-corrected chi connectivity index (χ1v) is 6.76. The van der Waals surface area contributed by atoms with E-state index in [2.05, 4.69) is 36.5 Å². The summed E-state index contributed by atoms with van der Waals surface area (Å²) in [6, 6.07) is 9.59. The first-order valence-electron chi connectivity index (χ1n) is 5.78. The van der Waals surface area contributed by atoms with Gasteiger partial charge in [-0.3, -0.25) is 0 Å². The van der Waals surface area contributed by atoms with Gasteiger partial charge in [0.2, 0.25) is 0 Å². The van der Waals surface area contributed by atoms with Crippen molar-refractivity contribution < 1.29 is 4.74 Å². The molecule has 1 aliphatic heterocycles. The smallest absolute Gasteiger partial charge is 0.0613 e. The quantitative estimate of drug-likeness (QED) is 0.870. The van der Waals surface area contributed by atoms with Gasteiger partial charge in [-0.05, 0) is 30.7 Å². The summed E-state index contributed by atoms with van der Waals surface area (Å²) in [5, 5.41) is 3.64. The summed E-state index contributed by atoms with van der Waals surface area (Å²) < 4.78 is 5.17. The molecule has 1 N–H and O–H groups in total. The van der Waals surface area contributed by atoms with E-state index in [1.54, 1.807) is 7.11 Å². The number of methoxy groups -OCH3 is 1. The topological polar surface area (TPSA) is 21.3 Å². The molecule has 2 atom stereocenters. The van der Waals surface area contributed by atoms with Gasteiger partial charge in [0.15, 0.2) is 0 Å². The van der Waals surface area contributed by atoms with Crippen molar-refractivity contribution in [1.29, 1.82) is 0 Å². The van der Waals surface area contributed by atoms with Crippen LogP contribution in [0.25, 0.3) is 0 Å². The molecule has 0 spiro atoms. The summed E-state index contributed by atoms with van der Waals surface area (Å²) >= 11 is 1.96. The van der Waals surface area contributed by atoms with E-state index in [0.717, 1.165) is 6.61 Å². The van der Waals surface area contributed by atoms with Crippen LogP contribution in [0, 0.1) is 0 Å². The van der Waals surface area contributed by atoms with E-state index in [1.807, 2.05) is 11.8 Å². The average molecular weight is 237 g/mol. The van der Waals surface area contributed by atoms with Crippen LogP contribution >= 0.6 is 11.8 Å². The Kier molecular flexibility index (Phi) is 4.27. The summed E-state index contributed by atoms with van der Waals surface area (Å²) in [6.45, 7) is 2.94. The largest absolute Gasteiger partial charge is 0.383 e. The number of nitrogens with one attached hydrogen (secondary N) is 1. The normalized spacial score (nSPS) is 21.5. The van der Waals surface area contributed by atoms with Crippen molar-refractivity contribution >= 4 is 11.8 Å². The van der Waals surface area contributed by atoms with Crippen LogP contribution in [0.5, 0.6) is 0 Å². The lowest BCUT2D eigenvalue weighted by Gasteiger charge is -2.28. The summed E-state index contributed by atoms with van der Waals surface area (Å²) in [4.78, 5) is 1.43. The zero-order valence-corrected chi connectivity index (χ0v) is 10.7. The Hall–Kier alpha value is -0.510. The van der Waals surface area contributed by atoms with Crippen molar-refractivity contribution in [1.82, 2.24) is 5.32 Å². The highest BCUT2D eigenvalue weighted by atomic mass is 32.2. The number of thioether (sulfide) groups is 1. The van der Waals surface area contributed by atoms with Crippen LogP contribution in [0.1, 0.15) is 24.9 Å². The minimum atomic E-state index is 0.408. The molecule has 1 aromatic rings. The fraction of sp³-hybridized carbons (Fsp3) is 0.538. The van der Waals surface area contributed by atoms with Gasteiger partial charge in [0, 0.05) is 24.1 Å². The molecule has 0 amide bonds. The fourth-order valence-corrected chi connectivity index (χ4v) is 3.28. The lowest BCUT2D eigenvalue weighted by atomic mass is 10.0. The molecule has 1 aliphatic rings. The van der Waals surface area contributed by atoms with Crippen LogP contribution in [0.3, 0.4) is 0 Å². The van der Waals surface area contributed by atoms with Gasteiger partial charge in [-0.25, -0.2) is 0 Å². The van der Waals surface area contributed by atoms with Gasteiger partial charge in [0.05, 0.1) is 6.61 Å². The standard InChI is InChI=1S/C13H19NOS/c1-10(9-15-2)14-12-7-8-16-13-6-4-3-5-11(12)13/h3-6,10,12,14H,7-9H2,1-2H3. The number of benzene rings is 1. The van der Waals surface area contributed by atoms with E-state index in [4.69, 9.17) is 4.74 Å². The van der Waals surface area contributed by atoms with Gasteiger partial charge in [0.1, 0.15) is 0 Å². The van der Waals surface area contributed by atoms with Gasteiger partial charge in [-0.15, -0.1) is 11.8 Å². The lowest BCUT2D eigenvalue weighted by Crippen LogP contribution is -2.35. The molecule has 2 unspecified atom stereocenters. The Morgan fingerprint density at radius 2 is 2.31 bits per heavy atom. The van der Waals surface area contributed by atoms with Crippen molar-refractivity contribution in [2.45, 2.75) is 30.3 Å². The van der Waals surface area contributed by atoms with Crippen molar-refractivity contribution in [3.63, 3.8) is 0 Å². The second-order valence-corrected chi connectivity index (χ2v) is 5.39. The average Bonchev–Trinajstić information content (AvgIpc) is 2.30. The van der Waals surface area contributed by atoms with Gasteiger partial charge in [0.25, 0.3) is 0 Å². The first-order chi connectivity index (χ1) is 7.81. The van der Waals surface area contributed by atoms with Crippen molar-refractivity contribution in [2.75, 3.05) is 19.5 Å². The van der Waals surface area contributed by atoms with E-state index in [9.17, 15) is 0 Å². The Morgan fingerprint density at radius 3 is 3.12 bits per heavy atom. The second-order valence-electron chi connectivity index (χ2n) is 4.25. The van der Waals surface area contributed by atoms with E-state index in [-0.39, 0.29) is 0 Å². The third kappa shape index (κ3) is 2.78. The van der Waals surface area contributed by atoms with Crippen molar-refractivity contribution in [2.24, 2.45) is 0 Å². The maximum atomic E-state index is 5.17. The maximum absolute atomic E-state index is 5.17. The first kappa shape index (κ1) is 12.0. The summed E-state index contributed by atoms with van der Waals surface area (Å²) in [5.41, 5.74) is 1.45. The van der Waals surface area contributed by atoms with Crippen LogP contribution in [0.2, 0.25) is 0 Å². The molecule has 16 heavy (non-hydrogen) atoms. The minimum absolute atomic E-state index is 0.408. The van der Waals surface area contributed by atoms with Crippen LogP contribution in [0.15, 0.2) is 29.2 Å². The van der Waals surface area contributed by atoms with E-state index < -0.39 is 0 Å². The molecule has 1 aromatic carbocycles. The van der Waals surface area contributed by atoms with E-state index >= 15 is 0 Å². The van der Waals surface area contributed by atoms with Crippen LogP contribution in [-0.4, -0.2) is 25.5 Å². The molecule has 0 bridgehead atoms. The van der Waals surface area contributed by atoms with Gasteiger partial charge in [-0.2, -0.15) is 0 Å². The fourth-order valence-electron chi connectivity index (χ4n) is 2.16. The molecule has 0 aliphatic carbocycles. The van der Waals surface area contributed by atoms with E-state index in [1.165, 1.54) is 22.6 Å². The zero-order valence-electron chi connectivity index (χ0n) is 9.90. The van der Waals surface area contributed by atoms with Crippen molar-refractivity contribution in [3.8, 4) is 0 Å². The molecule has 3 heteroatoms. The maximum Gasteiger partial charge on any atom is 0.0613 e. The highest BCUT2D eigenvalue weighted by Crippen LogP contribution is 2.35. The summed E-state index contributed by atoms with van der Waals surface area (Å²) in [6.07, 6.45) is 1.20. The van der Waals surface area contributed by atoms with Gasteiger partial charge < -0.3 is 10.1 Å². The third-order valence-electron chi connectivity index (χ3n) is 2.86. The molecular weight excluding hydrogens is 218 g/mol. The predicted molar refractivity (Wildman–Crippen MR) is 69.0 cm³/mol. The molecular formula is C13H19NOS. The molecule has 0 saturated heterocycles. The Bertz CT molecular complexity index is 342.